The van der Waals surface area contributed by atoms with E-state index in [2.05, 4.69) is 13.1 Å². The van der Waals surface area contributed by atoms with Crippen molar-refractivity contribution < 1.29 is 4.70 Å². The summed E-state index contributed by atoms with van der Waals surface area (Å²) in [4.78, 5) is 0. The van der Waals surface area contributed by atoms with E-state index in [1.807, 2.05) is 0 Å². The molecule has 0 bridgehead atoms. The Balaban J connectivity index is 0. The maximum absolute atomic E-state index is 2.26. The van der Waals surface area contributed by atoms with Crippen molar-refractivity contribution in [2.45, 2.75) is 13.1 Å². The van der Waals surface area contributed by atoms with Gasteiger partial charge in [-0.15, -0.1) is 0 Å². The molecule has 2 heteroatoms. The molecule has 0 nitrogen and oxygen atoms in total. The van der Waals surface area contributed by atoms with Gasteiger partial charge in [0.15, 0.2) is 0 Å². The van der Waals surface area contributed by atoms with Gasteiger partial charge in [0.2, 0.25) is 0 Å². The van der Waals surface area contributed by atoms with Gasteiger partial charge in [-0.3, -0.25) is 4.70 Å². The van der Waals surface area contributed by atoms with Crippen molar-refractivity contribution in [3.05, 3.63) is 0 Å². The normalized spacial score (nSPS) is 4.50. The van der Waals surface area contributed by atoms with Crippen LogP contribution >= 0.6 is 0 Å². The lowest BCUT2D eigenvalue weighted by atomic mass is 11.9. The molecule has 0 aromatic carbocycles. The molecule has 0 heterocycles. The Bertz CT molecular complexity index is 6.00. The summed E-state index contributed by atoms with van der Waals surface area (Å²) in [7, 11) is 0.417. The maximum atomic E-state index is 2.26. The van der Waals surface area contributed by atoms with Crippen molar-refractivity contribution in [3.8, 4) is 0 Å². The van der Waals surface area contributed by atoms with Crippen LogP contribution < -0.4 is 0 Å². The lowest BCUT2D eigenvalue weighted by Crippen LogP contribution is -1.53. The molecule has 0 fully saturated rings. The van der Waals surface area contributed by atoms with Gasteiger partial charge in [0, 0.05) is 9.52 Å². The third kappa shape index (κ3) is 131. The summed E-state index contributed by atoms with van der Waals surface area (Å²) in [6, 6.07) is 0. The highest BCUT2D eigenvalue weighted by atomic mass is 28.2. The third-order valence-electron chi connectivity index (χ3n) is 0. The van der Waals surface area contributed by atoms with E-state index in [0.29, 0.717) is 9.52 Å². The Morgan fingerprint density at radius 1 is 1.25 bits per heavy atom. The van der Waals surface area contributed by atoms with Gasteiger partial charge in [0.05, 0.1) is 0 Å². The number of hydrogen-bond donors (Lipinski definition) is 0. The summed E-state index contributed by atoms with van der Waals surface area (Å²) in [5.41, 5.74) is 0. The summed E-state index contributed by atoms with van der Waals surface area (Å²) < 4.78 is 0. The van der Waals surface area contributed by atoms with Gasteiger partial charge in [0.1, 0.15) is 0 Å². The first kappa shape index (κ1) is 8.91. The van der Waals surface area contributed by atoms with E-state index in [1.54, 1.807) is 0 Å². The summed E-state index contributed by atoms with van der Waals surface area (Å²) >= 11 is 0. The van der Waals surface area contributed by atoms with Gasteiger partial charge in [-0.05, 0) is 0 Å². The first-order chi connectivity index (χ1) is 1.41. The molecule has 0 aromatic heterocycles. The summed E-state index contributed by atoms with van der Waals surface area (Å²) in [6.45, 7) is 4.53. The Morgan fingerprint density at radius 3 is 1.25 bits per heavy atom. The molecular formula is C2H9FSi. The average molecular weight is 80.2 g/mol. The maximum Gasteiger partial charge on any atom is 0.0135 e. The minimum atomic E-state index is 0. The zero-order valence-corrected chi connectivity index (χ0v) is 4.53. The lowest BCUT2D eigenvalue weighted by Gasteiger charge is -1.45. The molecule has 0 unspecified atom stereocenters. The molecule has 28 valence electrons. The van der Waals surface area contributed by atoms with Crippen LogP contribution in [-0.2, 0) is 0 Å². The van der Waals surface area contributed by atoms with Crippen LogP contribution in [0, 0.1) is 0 Å². The van der Waals surface area contributed by atoms with Crippen LogP contribution in [-0.4, -0.2) is 9.52 Å². The summed E-state index contributed by atoms with van der Waals surface area (Å²) in [5, 5.41) is 0. The molecular weight excluding hydrogens is 71.1 g/mol. The van der Waals surface area contributed by atoms with Crippen molar-refractivity contribution in [1.29, 1.82) is 0 Å². The van der Waals surface area contributed by atoms with Crippen LogP contribution in [0.2, 0.25) is 13.1 Å². The molecule has 0 aliphatic heterocycles. The fraction of sp³-hybridized carbons (Fsp3) is 1.00. The minimum absolute atomic E-state index is 0. The summed E-state index contributed by atoms with van der Waals surface area (Å²) in [5.74, 6) is 0. The molecule has 4 heavy (non-hydrogen) atoms. The molecule has 0 N–H and O–H groups in total. The second-order valence-electron chi connectivity index (χ2n) is 0.707. The van der Waals surface area contributed by atoms with E-state index in [9.17, 15) is 0 Å². The van der Waals surface area contributed by atoms with Crippen LogP contribution in [0.4, 0.5) is 4.70 Å². The van der Waals surface area contributed by atoms with Gasteiger partial charge >= 0.3 is 0 Å². The van der Waals surface area contributed by atoms with Gasteiger partial charge < -0.3 is 0 Å². The largest absolute Gasteiger partial charge is 0.269 e. The second-order valence-corrected chi connectivity index (χ2v) is 2.12. The van der Waals surface area contributed by atoms with E-state index in [-0.39, 0.29) is 4.70 Å². The molecule has 0 spiro atoms. The SMILES string of the molecule is C[SiH2]C.F. The van der Waals surface area contributed by atoms with Crippen molar-refractivity contribution in [2.75, 3.05) is 0 Å². The molecule has 0 saturated heterocycles. The molecule has 0 radical (unpaired) electrons. The van der Waals surface area contributed by atoms with Crippen molar-refractivity contribution >= 4 is 9.52 Å². The first-order valence-corrected chi connectivity index (χ1v) is 4.24. The number of hydrogen-bond acceptors (Lipinski definition) is 0. The van der Waals surface area contributed by atoms with E-state index in [0.717, 1.165) is 0 Å². The van der Waals surface area contributed by atoms with E-state index >= 15 is 0 Å². The molecule has 0 aliphatic carbocycles. The van der Waals surface area contributed by atoms with Crippen molar-refractivity contribution in [1.82, 2.24) is 0 Å². The van der Waals surface area contributed by atoms with Crippen LogP contribution in [0.5, 0.6) is 0 Å². The third-order valence-corrected chi connectivity index (χ3v) is 0. The van der Waals surface area contributed by atoms with Crippen molar-refractivity contribution in [2.24, 2.45) is 0 Å². The van der Waals surface area contributed by atoms with Crippen LogP contribution in [0.25, 0.3) is 0 Å². The second kappa shape index (κ2) is 11.0. The topological polar surface area (TPSA) is 0 Å². The standard InChI is InChI=1S/C2H8Si.FH/c1-3-2;/h3H2,1-2H3;1H. The highest BCUT2D eigenvalue weighted by molar-refractivity contribution is 6.31. The minimum Gasteiger partial charge on any atom is -0.269 e. The first-order valence-electron chi connectivity index (χ1n) is 1.41. The zero-order valence-electron chi connectivity index (χ0n) is 3.12. The quantitative estimate of drug-likeness (QED) is 0.370. The smallest absolute Gasteiger partial charge is 0.0135 e. The molecule has 0 aliphatic rings. The van der Waals surface area contributed by atoms with Crippen LogP contribution in [0.1, 0.15) is 0 Å². The van der Waals surface area contributed by atoms with E-state index in [4.69, 9.17) is 0 Å². The highest BCUT2D eigenvalue weighted by Gasteiger charge is 1.38. The summed E-state index contributed by atoms with van der Waals surface area (Å²) in [6.07, 6.45) is 0. The number of rotatable bonds is 0. The van der Waals surface area contributed by atoms with Crippen molar-refractivity contribution in [3.63, 3.8) is 0 Å². The lowest BCUT2D eigenvalue weighted by molar-refractivity contribution is 1.11. The fourth-order valence-electron chi connectivity index (χ4n) is 0. The predicted octanol–water partition coefficient (Wildman–Crippen LogP) is 0.404. The highest BCUT2D eigenvalue weighted by Crippen LogP contribution is 1.36. The van der Waals surface area contributed by atoms with Gasteiger partial charge in [0.25, 0.3) is 0 Å². The molecule has 0 saturated carbocycles. The Morgan fingerprint density at radius 2 is 1.25 bits per heavy atom. The van der Waals surface area contributed by atoms with E-state index < -0.39 is 0 Å². The average Bonchev–Trinajstić information content (AvgIpc) is 0.918. The molecule has 0 amide bonds. The van der Waals surface area contributed by atoms with Crippen LogP contribution in [0.15, 0.2) is 0 Å². The fourth-order valence-corrected chi connectivity index (χ4v) is 0. The zero-order chi connectivity index (χ0) is 2.71. The molecule has 0 atom stereocenters. The Hall–Kier alpha value is 0.147. The Kier molecular flexibility index (Phi) is 24.6. The van der Waals surface area contributed by atoms with Crippen LogP contribution in [0.3, 0.4) is 0 Å². The Labute approximate surface area is 28.4 Å². The van der Waals surface area contributed by atoms with E-state index in [1.165, 1.54) is 0 Å². The van der Waals surface area contributed by atoms with Gasteiger partial charge in [-0.25, -0.2) is 0 Å². The van der Waals surface area contributed by atoms with Gasteiger partial charge in [-0.1, -0.05) is 13.1 Å². The molecule has 0 aromatic rings. The predicted molar refractivity (Wildman–Crippen MR) is 22.8 cm³/mol. The monoisotopic (exact) mass is 80.0 g/mol. The van der Waals surface area contributed by atoms with Gasteiger partial charge in [-0.2, -0.15) is 0 Å². The number of halogens is 1. The molecule has 0 rings (SSSR count).